The molecule has 0 spiro atoms. The highest BCUT2D eigenvalue weighted by molar-refractivity contribution is 7.15. The number of H-pyrrole nitrogens is 1. The van der Waals surface area contributed by atoms with Gasteiger partial charge in [-0.1, -0.05) is 24.3 Å². The molecule has 6 rings (SSSR count). The lowest BCUT2D eigenvalue weighted by molar-refractivity contribution is 0.0680. The lowest BCUT2D eigenvalue weighted by Gasteiger charge is -2.35. The molecule has 1 N–H and O–H groups in total. The molecule has 5 heterocycles. The van der Waals surface area contributed by atoms with Crippen LogP contribution in [0.4, 0.5) is 0 Å². The number of thiazole rings is 1. The van der Waals surface area contributed by atoms with Crippen LogP contribution in [-0.2, 0) is 6.42 Å². The third-order valence-electron chi connectivity index (χ3n) is 5.90. The van der Waals surface area contributed by atoms with Gasteiger partial charge in [0, 0.05) is 40.9 Å². The maximum atomic E-state index is 13.8. The van der Waals surface area contributed by atoms with E-state index in [9.17, 15) is 4.79 Å². The van der Waals surface area contributed by atoms with Crippen LogP contribution in [0.3, 0.4) is 0 Å². The summed E-state index contributed by atoms with van der Waals surface area (Å²) >= 11 is 1.54. The molecule has 1 atom stereocenters. The van der Waals surface area contributed by atoms with Gasteiger partial charge in [-0.15, -0.1) is 11.3 Å². The molecule has 0 saturated heterocycles. The smallest absolute Gasteiger partial charge is 0.273 e. The number of hydrogen-bond donors (Lipinski definition) is 1. The van der Waals surface area contributed by atoms with Gasteiger partial charge in [0.15, 0.2) is 4.96 Å². The number of amides is 1. The Kier molecular flexibility index (Phi) is 3.79. The van der Waals surface area contributed by atoms with E-state index in [1.807, 2.05) is 52.1 Å². The van der Waals surface area contributed by atoms with Crippen LogP contribution in [0, 0.1) is 6.92 Å². The molecule has 1 aliphatic rings. The van der Waals surface area contributed by atoms with Crippen LogP contribution in [0.1, 0.15) is 39.2 Å². The molecule has 1 aromatic carbocycles. The number of rotatable bonds is 2. The van der Waals surface area contributed by atoms with Crippen LogP contribution in [-0.4, -0.2) is 36.7 Å². The topological polar surface area (TPSA) is 66.3 Å². The minimum Gasteiger partial charge on any atom is -0.356 e. The van der Waals surface area contributed by atoms with Gasteiger partial charge >= 0.3 is 0 Å². The van der Waals surface area contributed by atoms with Crippen molar-refractivity contribution < 1.29 is 4.79 Å². The van der Waals surface area contributed by atoms with Crippen molar-refractivity contribution in [1.29, 1.82) is 0 Å². The molecule has 1 aliphatic heterocycles. The van der Waals surface area contributed by atoms with Crippen LogP contribution in [0.25, 0.3) is 15.9 Å². The van der Waals surface area contributed by atoms with E-state index in [4.69, 9.17) is 0 Å². The summed E-state index contributed by atoms with van der Waals surface area (Å²) in [7, 11) is 0. The summed E-state index contributed by atoms with van der Waals surface area (Å²) in [5.41, 5.74) is 5.68. The molecular formula is C23H19N5OS. The van der Waals surface area contributed by atoms with E-state index in [0.717, 1.165) is 34.0 Å². The van der Waals surface area contributed by atoms with E-state index in [1.165, 1.54) is 22.3 Å². The SMILES string of the molecule is Cc1nc2sccn2c1C(=O)N1CCc2c([nH]c3ccccc23)[C@@H]1c1ccccn1. The van der Waals surface area contributed by atoms with Crippen LogP contribution in [0.15, 0.2) is 60.2 Å². The maximum Gasteiger partial charge on any atom is 0.273 e. The Balaban J connectivity index is 1.54. The van der Waals surface area contributed by atoms with E-state index < -0.39 is 0 Å². The van der Waals surface area contributed by atoms with Gasteiger partial charge < -0.3 is 9.88 Å². The highest BCUT2D eigenvalue weighted by Gasteiger charge is 2.37. The maximum absolute atomic E-state index is 13.8. The molecule has 30 heavy (non-hydrogen) atoms. The second kappa shape index (κ2) is 6.53. The molecule has 0 aliphatic carbocycles. The fourth-order valence-electron chi connectivity index (χ4n) is 4.59. The first-order valence-electron chi connectivity index (χ1n) is 9.96. The minimum absolute atomic E-state index is 0.0154. The largest absolute Gasteiger partial charge is 0.356 e. The summed E-state index contributed by atoms with van der Waals surface area (Å²) in [6, 6.07) is 13.9. The van der Waals surface area contributed by atoms with Crippen LogP contribution in [0.2, 0.25) is 0 Å². The molecular weight excluding hydrogens is 394 g/mol. The van der Waals surface area contributed by atoms with Crippen molar-refractivity contribution in [2.24, 2.45) is 0 Å². The van der Waals surface area contributed by atoms with E-state index in [0.29, 0.717) is 12.2 Å². The van der Waals surface area contributed by atoms with Crippen molar-refractivity contribution in [3.63, 3.8) is 0 Å². The Morgan fingerprint density at radius 2 is 2.07 bits per heavy atom. The number of hydrogen-bond acceptors (Lipinski definition) is 4. The number of aromatic amines is 1. The zero-order chi connectivity index (χ0) is 20.2. The summed E-state index contributed by atoms with van der Waals surface area (Å²) < 4.78 is 1.90. The number of pyridine rings is 1. The third kappa shape index (κ3) is 2.45. The van der Waals surface area contributed by atoms with E-state index in [-0.39, 0.29) is 11.9 Å². The number of aryl methyl sites for hydroxylation is 1. The minimum atomic E-state index is -0.265. The average Bonchev–Trinajstić information content (AvgIpc) is 3.45. The number of carbonyl (C=O) groups is 1. The molecule has 0 radical (unpaired) electrons. The van der Waals surface area contributed by atoms with Crippen molar-refractivity contribution in [2.45, 2.75) is 19.4 Å². The van der Waals surface area contributed by atoms with E-state index in [2.05, 4.69) is 33.2 Å². The first kappa shape index (κ1) is 17.4. The molecule has 0 saturated carbocycles. The Morgan fingerprint density at radius 1 is 1.20 bits per heavy atom. The number of carbonyl (C=O) groups excluding carboxylic acids is 1. The van der Waals surface area contributed by atoms with Gasteiger partial charge in [-0.05, 0) is 37.1 Å². The molecule has 7 heteroatoms. The molecule has 0 fully saturated rings. The van der Waals surface area contributed by atoms with Gasteiger partial charge in [0.2, 0.25) is 0 Å². The highest BCUT2D eigenvalue weighted by Crippen LogP contribution is 2.38. The van der Waals surface area contributed by atoms with E-state index in [1.54, 1.807) is 6.20 Å². The van der Waals surface area contributed by atoms with Crippen molar-refractivity contribution in [3.05, 3.63) is 88.6 Å². The van der Waals surface area contributed by atoms with Crippen molar-refractivity contribution in [1.82, 2.24) is 24.3 Å². The van der Waals surface area contributed by atoms with Gasteiger partial charge in [-0.3, -0.25) is 14.2 Å². The third-order valence-corrected chi connectivity index (χ3v) is 6.66. The monoisotopic (exact) mass is 413 g/mol. The van der Waals surface area contributed by atoms with Crippen LogP contribution in [0.5, 0.6) is 0 Å². The van der Waals surface area contributed by atoms with Gasteiger partial charge in [-0.2, -0.15) is 0 Å². The number of fused-ring (bicyclic) bond motifs is 4. The first-order valence-corrected chi connectivity index (χ1v) is 10.8. The molecule has 0 unspecified atom stereocenters. The number of benzene rings is 1. The van der Waals surface area contributed by atoms with Crippen molar-refractivity contribution in [2.75, 3.05) is 6.54 Å². The summed E-state index contributed by atoms with van der Waals surface area (Å²) in [4.78, 5) is 29.4. The second-order valence-corrected chi connectivity index (χ2v) is 8.44. The Hall–Kier alpha value is -3.45. The van der Waals surface area contributed by atoms with Crippen molar-refractivity contribution >= 4 is 33.1 Å². The molecule has 1 amide bonds. The van der Waals surface area contributed by atoms with Crippen LogP contribution >= 0.6 is 11.3 Å². The fraction of sp³-hybridized carbons (Fsp3) is 0.174. The number of imidazole rings is 1. The van der Waals surface area contributed by atoms with Gasteiger partial charge in [0.05, 0.1) is 11.4 Å². The number of aromatic nitrogens is 4. The Morgan fingerprint density at radius 3 is 2.93 bits per heavy atom. The summed E-state index contributed by atoms with van der Waals surface area (Å²) in [5.74, 6) is -0.0154. The van der Waals surface area contributed by atoms with Gasteiger partial charge in [0.25, 0.3) is 5.91 Å². The Bertz CT molecular complexity index is 1400. The molecule has 148 valence electrons. The first-order chi connectivity index (χ1) is 14.7. The summed E-state index contributed by atoms with van der Waals surface area (Å²) in [5, 5.41) is 3.18. The fourth-order valence-corrected chi connectivity index (χ4v) is 5.35. The number of para-hydroxylation sites is 1. The number of nitrogens with zero attached hydrogens (tertiary/aromatic N) is 4. The van der Waals surface area contributed by atoms with Crippen molar-refractivity contribution in [3.8, 4) is 0 Å². The predicted octanol–water partition coefficient (Wildman–Crippen LogP) is 4.37. The summed E-state index contributed by atoms with van der Waals surface area (Å²) in [6.45, 7) is 2.53. The number of nitrogens with one attached hydrogen (secondary N) is 1. The second-order valence-electron chi connectivity index (χ2n) is 7.57. The molecule has 0 bridgehead atoms. The zero-order valence-electron chi connectivity index (χ0n) is 16.4. The van der Waals surface area contributed by atoms with Crippen LogP contribution < -0.4 is 0 Å². The predicted molar refractivity (Wildman–Crippen MR) is 117 cm³/mol. The Labute approximate surface area is 176 Å². The van der Waals surface area contributed by atoms with Gasteiger partial charge in [0.1, 0.15) is 11.7 Å². The summed E-state index contributed by atoms with van der Waals surface area (Å²) in [6.07, 6.45) is 4.51. The standard InChI is InChI=1S/C23H19N5OS/c1-14-20(28-12-13-30-23(28)25-14)22(29)27-11-9-16-15-6-2-3-7-17(15)26-19(16)21(27)18-8-4-5-10-24-18/h2-8,10,12-13,21,26H,9,11H2,1H3/t21-/m0/s1. The zero-order valence-corrected chi connectivity index (χ0v) is 17.2. The lowest BCUT2D eigenvalue weighted by Crippen LogP contribution is -2.41. The van der Waals surface area contributed by atoms with E-state index >= 15 is 0 Å². The molecule has 4 aromatic heterocycles. The molecule has 5 aromatic rings. The average molecular weight is 414 g/mol. The lowest BCUT2D eigenvalue weighted by atomic mass is 9.94. The normalized spacial score (nSPS) is 16.3. The van der Waals surface area contributed by atoms with Gasteiger partial charge in [-0.25, -0.2) is 4.98 Å². The quantitative estimate of drug-likeness (QED) is 0.467. The highest BCUT2D eigenvalue weighted by atomic mass is 32.1. The molecule has 6 nitrogen and oxygen atoms in total.